The number of rotatable bonds is 3. The third-order valence-corrected chi connectivity index (χ3v) is 2.32. The minimum absolute atomic E-state index is 0.255. The van der Waals surface area contributed by atoms with Gasteiger partial charge in [-0.1, -0.05) is 20.8 Å². The zero-order chi connectivity index (χ0) is 13.2. The molecule has 6 nitrogen and oxygen atoms in total. The van der Waals surface area contributed by atoms with Crippen molar-refractivity contribution in [3.05, 3.63) is 27.9 Å². The van der Waals surface area contributed by atoms with Gasteiger partial charge in [0.25, 0.3) is 5.56 Å². The Balaban J connectivity index is 3.21. The van der Waals surface area contributed by atoms with E-state index < -0.39 is 17.6 Å². The molecule has 0 radical (unpaired) electrons. The van der Waals surface area contributed by atoms with Gasteiger partial charge >= 0.3 is 5.97 Å². The molecule has 17 heavy (non-hydrogen) atoms. The van der Waals surface area contributed by atoms with E-state index in [0.29, 0.717) is 5.82 Å². The van der Waals surface area contributed by atoms with Gasteiger partial charge in [0.2, 0.25) is 0 Å². The Labute approximate surface area is 98.7 Å². The molecule has 0 aliphatic rings. The average molecular weight is 240 g/mol. The zero-order valence-corrected chi connectivity index (χ0v) is 10.3. The van der Waals surface area contributed by atoms with Crippen LogP contribution in [0.2, 0.25) is 0 Å². The molecule has 0 amide bonds. The van der Waals surface area contributed by atoms with Crippen LogP contribution in [-0.4, -0.2) is 28.2 Å². The van der Waals surface area contributed by atoms with Crippen molar-refractivity contribution in [2.45, 2.75) is 26.9 Å². The van der Waals surface area contributed by atoms with Crippen LogP contribution in [0, 0.1) is 5.41 Å². The molecule has 1 unspecified atom stereocenters. The lowest BCUT2D eigenvalue weighted by Gasteiger charge is -2.28. The molecule has 0 saturated carbocycles. The largest absolute Gasteiger partial charge is 0.477 e. The van der Waals surface area contributed by atoms with Crippen molar-refractivity contribution in [2.24, 2.45) is 5.41 Å². The highest BCUT2D eigenvalue weighted by atomic mass is 16.5. The van der Waals surface area contributed by atoms with E-state index in [-0.39, 0.29) is 11.0 Å². The van der Waals surface area contributed by atoms with Crippen LogP contribution in [0.1, 0.15) is 43.1 Å². The summed E-state index contributed by atoms with van der Waals surface area (Å²) in [6, 6.07) is 0. The normalized spacial score (nSPS) is 13.4. The summed E-state index contributed by atoms with van der Waals surface area (Å²) in [5, 5.41) is 8.72. The summed E-state index contributed by atoms with van der Waals surface area (Å²) >= 11 is 0. The highest BCUT2D eigenvalue weighted by molar-refractivity contribution is 5.86. The lowest BCUT2D eigenvalue weighted by Crippen LogP contribution is -2.27. The first kappa shape index (κ1) is 13.4. The number of ether oxygens (including phenoxy) is 1. The van der Waals surface area contributed by atoms with E-state index in [9.17, 15) is 9.59 Å². The Morgan fingerprint density at radius 1 is 1.53 bits per heavy atom. The number of carboxylic acid groups (broad SMARTS) is 1. The van der Waals surface area contributed by atoms with E-state index in [4.69, 9.17) is 9.84 Å². The number of H-pyrrole nitrogens is 1. The number of hydrogen-bond acceptors (Lipinski definition) is 4. The Morgan fingerprint density at radius 2 is 2.12 bits per heavy atom. The molecule has 6 heteroatoms. The summed E-state index contributed by atoms with van der Waals surface area (Å²) in [5.41, 5.74) is -1.30. The van der Waals surface area contributed by atoms with E-state index in [1.807, 2.05) is 20.8 Å². The monoisotopic (exact) mass is 240 g/mol. The van der Waals surface area contributed by atoms with Gasteiger partial charge in [0.15, 0.2) is 0 Å². The van der Waals surface area contributed by atoms with Crippen molar-refractivity contribution in [3.63, 3.8) is 0 Å². The summed E-state index contributed by atoms with van der Waals surface area (Å²) < 4.78 is 5.28. The van der Waals surface area contributed by atoms with Crippen molar-refractivity contribution in [3.8, 4) is 0 Å². The highest BCUT2D eigenvalue weighted by Crippen LogP contribution is 2.32. The highest BCUT2D eigenvalue weighted by Gasteiger charge is 2.28. The number of aromatic amines is 1. The maximum atomic E-state index is 11.5. The molecule has 0 aromatic carbocycles. The molecule has 0 spiro atoms. The number of aromatic nitrogens is 2. The molecular formula is C11H16N2O4. The van der Waals surface area contributed by atoms with Crippen LogP contribution in [0.3, 0.4) is 0 Å². The summed E-state index contributed by atoms with van der Waals surface area (Å²) in [7, 11) is 1.51. The molecule has 2 N–H and O–H groups in total. The van der Waals surface area contributed by atoms with Crippen molar-refractivity contribution in [2.75, 3.05) is 7.11 Å². The quantitative estimate of drug-likeness (QED) is 0.828. The van der Waals surface area contributed by atoms with E-state index in [2.05, 4.69) is 9.97 Å². The van der Waals surface area contributed by atoms with E-state index in [1.54, 1.807) is 0 Å². The number of methoxy groups -OCH3 is 1. The van der Waals surface area contributed by atoms with Crippen molar-refractivity contribution in [1.82, 2.24) is 9.97 Å². The predicted octanol–water partition coefficient (Wildman–Crippen LogP) is 1.20. The summed E-state index contributed by atoms with van der Waals surface area (Å²) in [5.74, 6) is -0.968. The number of aromatic carboxylic acids is 1. The molecule has 0 bridgehead atoms. The first-order valence-corrected chi connectivity index (χ1v) is 5.12. The molecule has 0 fully saturated rings. The molecular weight excluding hydrogens is 224 g/mol. The molecule has 1 rings (SSSR count). The van der Waals surface area contributed by atoms with Gasteiger partial charge in [0.05, 0.1) is 0 Å². The Hall–Kier alpha value is -1.69. The zero-order valence-electron chi connectivity index (χ0n) is 10.3. The second-order valence-electron chi connectivity index (χ2n) is 4.80. The number of hydrogen-bond donors (Lipinski definition) is 2. The van der Waals surface area contributed by atoms with Crippen LogP contribution < -0.4 is 5.56 Å². The second kappa shape index (κ2) is 4.67. The maximum absolute atomic E-state index is 11.5. The number of nitrogens with zero attached hydrogens (tertiary/aromatic N) is 1. The fourth-order valence-electron chi connectivity index (χ4n) is 1.57. The van der Waals surface area contributed by atoms with Crippen molar-refractivity contribution < 1.29 is 14.6 Å². The lowest BCUT2D eigenvalue weighted by atomic mass is 9.88. The van der Waals surface area contributed by atoms with Crippen molar-refractivity contribution >= 4 is 5.97 Å². The summed E-state index contributed by atoms with van der Waals surface area (Å²) in [6.45, 7) is 5.81. The van der Waals surface area contributed by atoms with Gasteiger partial charge in [-0.15, -0.1) is 0 Å². The van der Waals surface area contributed by atoms with Gasteiger partial charge in [-0.3, -0.25) is 4.79 Å². The van der Waals surface area contributed by atoms with Gasteiger partial charge < -0.3 is 14.8 Å². The third-order valence-electron chi connectivity index (χ3n) is 2.32. The molecule has 1 aromatic heterocycles. The lowest BCUT2D eigenvalue weighted by molar-refractivity contribution is 0.00841. The maximum Gasteiger partial charge on any atom is 0.342 e. The molecule has 94 valence electrons. The standard InChI is InChI=1S/C11H16N2O4/c1-11(2,3)7(17-4)8-12-5-6(10(15)16)9(14)13-8/h5,7H,1-4H3,(H,15,16)(H,12,13,14). The molecule has 1 aromatic rings. The van der Waals surface area contributed by atoms with Crippen LogP contribution >= 0.6 is 0 Å². The molecule has 1 atom stereocenters. The molecule has 0 aliphatic heterocycles. The number of nitrogens with one attached hydrogen (secondary N) is 1. The van der Waals surface area contributed by atoms with Crippen LogP contribution in [0.5, 0.6) is 0 Å². The topological polar surface area (TPSA) is 92.3 Å². The molecule has 1 heterocycles. The minimum Gasteiger partial charge on any atom is -0.477 e. The minimum atomic E-state index is -1.30. The Bertz CT molecular complexity index is 473. The number of carbonyl (C=O) groups is 1. The van der Waals surface area contributed by atoms with Gasteiger partial charge in [0, 0.05) is 13.3 Å². The number of carboxylic acids is 1. The van der Waals surface area contributed by atoms with E-state index in [1.165, 1.54) is 7.11 Å². The first-order chi connectivity index (χ1) is 7.77. The van der Waals surface area contributed by atoms with E-state index in [0.717, 1.165) is 6.20 Å². The smallest absolute Gasteiger partial charge is 0.342 e. The summed E-state index contributed by atoms with van der Waals surface area (Å²) in [6.07, 6.45) is 0.645. The molecule has 0 saturated heterocycles. The SMILES string of the molecule is COC(c1ncc(C(=O)O)c(=O)[nH]1)C(C)(C)C. The fraction of sp³-hybridized carbons (Fsp3) is 0.545. The average Bonchev–Trinajstić information content (AvgIpc) is 2.15. The van der Waals surface area contributed by atoms with Crippen LogP contribution in [0.25, 0.3) is 0 Å². The molecule has 0 aliphatic carbocycles. The second-order valence-corrected chi connectivity index (χ2v) is 4.80. The van der Waals surface area contributed by atoms with Gasteiger partial charge in [-0.05, 0) is 5.41 Å². The predicted molar refractivity (Wildman–Crippen MR) is 61.0 cm³/mol. The fourth-order valence-corrected chi connectivity index (χ4v) is 1.57. The first-order valence-electron chi connectivity index (χ1n) is 5.12. The van der Waals surface area contributed by atoms with Gasteiger partial charge in [-0.2, -0.15) is 0 Å². The van der Waals surface area contributed by atoms with Crippen LogP contribution in [0.15, 0.2) is 11.0 Å². The Morgan fingerprint density at radius 3 is 2.47 bits per heavy atom. The van der Waals surface area contributed by atoms with E-state index >= 15 is 0 Å². The van der Waals surface area contributed by atoms with Gasteiger partial charge in [0.1, 0.15) is 17.5 Å². The Kier molecular flexibility index (Phi) is 3.67. The van der Waals surface area contributed by atoms with Crippen LogP contribution in [-0.2, 0) is 4.74 Å². The third kappa shape index (κ3) is 2.91. The van der Waals surface area contributed by atoms with Crippen molar-refractivity contribution in [1.29, 1.82) is 0 Å². The van der Waals surface area contributed by atoms with Gasteiger partial charge in [-0.25, -0.2) is 9.78 Å². The summed E-state index contributed by atoms with van der Waals surface area (Å²) in [4.78, 5) is 28.6. The van der Waals surface area contributed by atoms with Crippen LogP contribution in [0.4, 0.5) is 0 Å².